The summed E-state index contributed by atoms with van der Waals surface area (Å²) in [6.45, 7) is 9.09. The van der Waals surface area contributed by atoms with E-state index in [0.717, 1.165) is 30.4 Å². The van der Waals surface area contributed by atoms with Crippen molar-refractivity contribution in [1.29, 1.82) is 0 Å². The predicted octanol–water partition coefficient (Wildman–Crippen LogP) is 1.79. The third-order valence-electron chi connectivity index (χ3n) is 4.67. The fourth-order valence-corrected chi connectivity index (χ4v) is 3.12. The number of anilines is 1. The maximum absolute atomic E-state index is 12.6. The Balaban J connectivity index is 0.00000320. The molecule has 0 bridgehead atoms. The summed E-state index contributed by atoms with van der Waals surface area (Å²) in [6.07, 6.45) is 5.07. The van der Waals surface area contributed by atoms with Gasteiger partial charge in [0.15, 0.2) is 11.8 Å². The molecule has 2 aromatic heterocycles. The van der Waals surface area contributed by atoms with Crippen LogP contribution in [0.2, 0.25) is 0 Å². The molecule has 0 saturated carbocycles. The van der Waals surface area contributed by atoms with Crippen LogP contribution in [0.15, 0.2) is 21.9 Å². The van der Waals surface area contributed by atoms with Crippen molar-refractivity contribution in [3.63, 3.8) is 0 Å². The molecular weight excluding hydrogens is 499 g/mol. The van der Waals surface area contributed by atoms with E-state index in [-0.39, 0.29) is 35.8 Å². The van der Waals surface area contributed by atoms with Crippen molar-refractivity contribution in [2.75, 3.05) is 37.6 Å². The number of nitrogens with zero attached hydrogens (tertiary/aromatic N) is 7. The van der Waals surface area contributed by atoms with Gasteiger partial charge in [0.2, 0.25) is 11.8 Å². The van der Waals surface area contributed by atoms with Gasteiger partial charge in [0.1, 0.15) is 6.54 Å². The lowest BCUT2D eigenvalue weighted by Gasteiger charge is -2.35. The highest BCUT2D eigenvalue weighted by molar-refractivity contribution is 14.0. The van der Waals surface area contributed by atoms with E-state index in [1.165, 1.54) is 0 Å². The molecule has 3 rings (SSSR count). The molecular formula is C19H31IN8O2. The summed E-state index contributed by atoms with van der Waals surface area (Å²) in [5.41, 5.74) is 0.833. The summed E-state index contributed by atoms with van der Waals surface area (Å²) in [7, 11) is 1.85. The van der Waals surface area contributed by atoms with Crippen molar-refractivity contribution < 1.29 is 9.32 Å². The van der Waals surface area contributed by atoms with E-state index >= 15 is 0 Å². The number of aliphatic imine (C=N–C) groups is 1. The average molecular weight is 530 g/mol. The van der Waals surface area contributed by atoms with Crippen LogP contribution < -0.4 is 10.2 Å². The molecule has 0 aliphatic carbocycles. The highest BCUT2D eigenvalue weighted by atomic mass is 127. The second kappa shape index (κ2) is 11.3. The Morgan fingerprint density at radius 1 is 1.37 bits per heavy atom. The van der Waals surface area contributed by atoms with Gasteiger partial charge in [0, 0.05) is 51.8 Å². The van der Waals surface area contributed by atoms with Crippen LogP contribution in [0.3, 0.4) is 0 Å². The number of nitrogens with one attached hydrogen (secondary N) is 1. The smallest absolute Gasteiger partial charge is 0.246 e. The lowest BCUT2D eigenvalue weighted by molar-refractivity contribution is -0.120. The normalized spacial score (nSPS) is 15.0. The zero-order valence-electron chi connectivity index (χ0n) is 18.0. The molecule has 2 aromatic rings. The van der Waals surface area contributed by atoms with Crippen LogP contribution in [0.4, 0.5) is 5.69 Å². The first-order chi connectivity index (χ1) is 14.0. The highest BCUT2D eigenvalue weighted by Gasteiger charge is 2.27. The molecule has 1 saturated heterocycles. The van der Waals surface area contributed by atoms with Gasteiger partial charge in [0.05, 0.1) is 11.9 Å². The third-order valence-corrected chi connectivity index (χ3v) is 4.67. The van der Waals surface area contributed by atoms with E-state index in [1.54, 1.807) is 15.8 Å². The van der Waals surface area contributed by atoms with E-state index in [2.05, 4.69) is 25.5 Å². The summed E-state index contributed by atoms with van der Waals surface area (Å²) >= 11 is 0. The second-order valence-electron chi connectivity index (χ2n) is 7.38. The highest BCUT2D eigenvalue weighted by Crippen LogP contribution is 2.16. The minimum absolute atomic E-state index is 0. The number of aromatic nitrogens is 4. The Hall–Kier alpha value is -2.18. The van der Waals surface area contributed by atoms with E-state index < -0.39 is 0 Å². The number of aryl methyl sites for hydroxylation is 2. The van der Waals surface area contributed by atoms with E-state index in [0.29, 0.717) is 38.5 Å². The molecule has 1 aliphatic heterocycles. The lowest BCUT2D eigenvalue weighted by atomic mass is 10.2. The molecule has 1 fully saturated rings. The number of hydrogen-bond acceptors (Lipinski definition) is 6. The molecule has 0 atom stereocenters. The molecule has 0 spiro atoms. The van der Waals surface area contributed by atoms with E-state index in [9.17, 15) is 4.79 Å². The van der Waals surface area contributed by atoms with E-state index in [1.807, 2.05) is 38.9 Å². The quantitative estimate of drug-likeness (QED) is 0.252. The van der Waals surface area contributed by atoms with Crippen molar-refractivity contribution in [3.05, 3.63) is 24.1 Å². The number of carbonyl (C=O) groups excluding carboxylic acids is 1. The van der Waals surface area contributed by atoms with Crippen molar-refractivity contribution in [3.8, 4) is 0 Å². The van der Waals surface area contributed by atoms with Gasteiger partial charge < -0.3 is 19.6 Å². The SMILES string of the molecule is CCNC(=NCCCc1nc(C(C)C)no1)N1CCN(c2cnn(C)c2)C(=O)C1.I. The number of piperazine rings is 1. The van der Waals surface area contributed by atoms with Gasteiger partial charge in [-0.05, 0) is 13.3 Å². The number of carbonyl (C=O) groups is 1. The number of halogens is 1. The van der Waals surface area contributed by atoms with Gasteiger partial charge in [-0.3, -0.25) is 14.5 Å². The lowest BCUT2D eigenvalue weighted by Crippen LogP contribution is -2.55. The summed E-state index contributed by atoms with van der Waals surface area (Å²) in [5, 5.41) is 11.4. The van der Waals surface area contributed by atoms with Crippen LogP contribution in [0.1, 0.15) is 44.8 Å². The summed E-state index contributed by atoms with van der Waals surface area (Å²) in [6, 6.07) is 0. The van der Waals surface area contributed by atoms with Gasteiger partial charge in [-0.2, -0.15) is 10.1 Å². The molecule has 10 nitrogen and oxygen atoms in total. The average Bonchev–Trinajstić information content (AvgIpc) is 3.33. The van der Waals surface area contributed by atoms with Crippen LogP contribution in [0.5, 0.6) is 0 Å². The predicted molar refractivity (Wildman–Crippen MR) is 125 cm³/mol. The van der Waals surface area contributed by atoms with Crippen molar-refractivity contribution in [2.45, 2.75) is 39.5 Å². The van der Waals surface area contributed by atoms with Gasteiger partial charge in [0.25, 0.3) is 0 Å². The summed E-state index contributed by atoms with van der Waals surface area (Å²) in [4.78, 5) is 25.5. The van der Waals surface area contributed by atoms with Crippen molar-refractivity contribution >= 4 is 41.5 Å². The molecule has 1 aliphatic rings. The first-order valence-electron chi connectivity index (χ1n) is 10.1. The maximum Gasteiger partial charge on any atom is 0.246 e. The van der Waals surface area contributed by atoms with Crippen LogP contribution in [-0.4, -0.2) is 69.4 Å². The zero-order valence-corrected chi connectivity index (χ0v) is 20.4. The first-order valence-corrected chi connectivity index (χ1v) is 10.1. The zero-order chi connectivity index (χ0) is 20.8. The number of guanidine groups is 1. The largest absolute Gasteiger partial charge is 0.357 e. The van der Waals surface area contributed by atoms with Crippen LogP contribution in [0, 0.1) is 0 Å². The molecule has 0 unspecified atom stereocenters. The molecule has 1 amide bonds. The van der Waals surface area contributed by atoms with Crippen molar-refractivity contribution in [1.82, 2.24) is 30.1 Å². The Morgan fingerprint density at radius 2 is 2.17 bits per heavy atom. The molecule has 0 aromatic carbocycles. The van der Waals surface area contributed by atoms with Gasteiger partial charge in [-0.1, -0.05) is 19.0 Å². The first kappa shape index (κ1) is 24.1. The van der Waals surface area contributed by atoms with Crippen LogP contribution in [-0.2, 0) is 18.3 Å². The monoisotopic (exact) mass is 530 g/mol. The minimum Gasteiger partial charge on any atom is -0.357 e. The molecule has 11 heteroatoms. The van der Waals surface area contributed by atoms with Crippen molar-refractivity contribution in [2.24, 2.45) is 12.0 Å². The van der Waals surface area contributed by atoms with Crippen LogP contribution in [0.25, 0.3) is 0 Å². The van der Waals surface area contributed by atoms with Gasteiger partial charge in [-0.25, -0.2) is 0 Å². The van der Waals surface area contributed by atoms with Gasteiger partial charge in [-0.15, -0.1) is 24.0 Å². The fourth-order valence-electron chi connectivity index (χ4n) is 3.12. The van der Waals surface area contributed by atoms with Gasteiger partial charge >= 0.3 is 0 Å². The van der Waals surface area contributed by atoms with Crippen LogP contribution >= 0.6 is 24.0 Å². The molecule has 166 valence electrons. The number of amides is 1. The fraction of sp³-hybridized carbons (Fsp3) is 0.632. The Labute approximate surface area is 194 Å². The third kappa shape index (κ3) is 6.16. The molecule has 3 heterocycles. The standard InChI is InChI=1S/C19H30N8O2.HI/c1-5-20-19(21-8-6-7-16-23-18(14(2)3)24-29-16)26-9-10-27(17(28)13-26)15-11-22-25(4)12-15;/h11-12,14H,5-10,13H2,1-4H3,(H,20,21);1H. The molecule has 1 N–H and O–H groups in total. The number of hydrogen-bond donors (Lipinski definition) is 1. The van der Waals surface area contributed by atoms with E-state index in [4.69, 9.17) is 4.52 Å². The topological polar surface area (TPSA) is 105 Å². The molecule has 30 heavy (non-hydrogen) atoms. The summed E-state index contributed by atoms with van der Waals surface area (Å²) < 4.78 is 6.98. The molecule has 0 radical (unpaired) electrons. The Bertz CT molecular complexity index is 847. The maximum atomic E-state index is 12.6. The Kier molecular flexibility index (Phi) is 9.06. The summed E-state index contributed by atoms with van der Waals surface area (Å²) in [5.74, 6) is 2.45. The second-order valence-corrected chi connectivity index (χ2v) is 7.38. The Morgan fingerprint density at radius 3 is 2.77 bits per heavy atom. The minimum atomic E-state index is 0. The number of rotatable bonds is 7.